The monoisotopic (exact) mass is 291 g/mol. The van der Waals surface area contributed by atoms with Crippen molar-refractivity contribution in [2.24, 2.45) is 5.73 Å². The molecule has 1 aromatic carbocycles. The molecule has 2 aromatic rings. The van der Waals surface area contributed by atoms with Gasteiger partial charge in [0, 0.05) is 6.61 Å². The van der Waals surface area contributed by atoms with E-state index in [4.69, 9.17) is 19.7 Å². The molecule has 21 heavy (non-hydrogen) atoms. The summed E-state index contributed by atoms with van der Waals surface area (Å²) in [4.78, 5) is 15.4. The van der Waals surface area contributed by atoms with E-state index in [2.05, 4.69) is 10.1 Å². The first-order valence-corrected chi connectivity index (χ1v) is 6.57. The second-order valence-corrected chi connectivity index (χ2v) is 4.29. The van der Waals surface area contributed by atoms with Gasteiger partial charge in [0.1, 0.15) is 11.9 Å². The Morgan fingerprint density at radius 1 is 1.43 bits per heavy atom. The minimum atomic E-state index is -0.554. The van der Waals surface area contributed by atoms with Crippen LogP contribution in [0.5, 0.6) is 5.75 Å². The Kier molecular flexibility index (Phi) is 4.89. The molecule has 2 rings (SSSR count). The van der Waals surface area contributed by atoms with E-state index < -0.39 is 5.91 Å². The molecule has 1 heterocycles. The van der Waals surface area contributed by atoms with Crippen LogP contribution in [0.3, 0.4) is 0 Å². The standard InChI is InChI=1S/C14H17N3O4/c1-3-19-9(2)14-16-12(21-17-14)8-20-11-7-5-4-6-10(11)13(15)18/h4-7,9H,3,8H2,1-2H3,(H2,15,18). The number of benzene rings is 1. The predicted molar refractivity (Wildman–Crippen MR) is 73.6 cm³/mol. The average Bonchev–Trinajstić information content (AvgIpc) is 2.94. The molecule has 0 aliphatic carbocycles. The molecule has 0 fully saturated rings. The smallest absolute Gasteiger partial charge is 0.264 e. The third-order valence-corrected chi connectivity index (χ3v) is 2.77. The molecule has 1 atom stereocenters. The van der Waals surface area contributed by atoms with Gasteiger partial charge >= 0.3 is 0 Å². The third kappa shape index (κ3) is 3.79. The molecular formula is C14H17N3O4. The Balaban J connectivity index is 2.02. The van der Waals surface area contributed by atoms with Crippen molar-refractivity contribution in [1.29, 1.82) is 0 Å². The lowest BCUT2D eigenvalue weighted by atomic mass is 10.2. The maximum absolute atomic E-state index is 11.3. The van der Waals surface area contributed by atoms with Crippen molar-refractivity contribution in [2.75, 3.05) is 6.61 Å². The molecule has 7 heteroatoms. The second-order valence-electron chi connectivity index (χ2n) is 4.29. The lowest BCUT2D eigenvalue weighted by Gasteiger charge is -2.07. The summed E-state index contributed by atoms with van der Waals surface area (Å²) in [6.07, 6.45) is -0.245. The maximum atomic E-state index is 11.3. The molecule has 2 N–H and O–H groups in total. The minimum Gasteiger partial charge on any atom is -0.483 e. The van der Waals surface area contributed by atoms with Crippen molar-refractivity contribution in [3.8, 4) is 5.75 Å². The highest BCUT2D eigenvalue weighted by molar-refractivity contribution is 5.95. The minimum absolute atomic E-state index is 0.0517. The van der Waals surface area contributed by atoms with E-state index in [0.29, 0.717) is 29.6 Å². The van der Waals surface area contributed by atoms with Gasteiger partial charge in [-0.25, -0.2) is 0 Å². The Labute approximate surface area is 122 Å². The summed E-state index contributed by atoms with van der Waals surface area (Å²) in [5.41, 5.74) is 5.58. The number of carbonyl (C=O) groups excluding carboxylic acids is 1. The van der Waals surface area contributed by atoms with E-state index >= 15 is 0 Å². The van der Waals surface area contributed by atoms with E-state index in [1.54, 1.807) is 24.3 Å². The summed E-state index contributed by atoms with van der Waals surface area (Å²) in [5.74, 6) is 0.582. The highest BCUT2D eigenvalue weighted by atomic mass is 16.5. The number of para-hydroxylation sites is 1. The zero-order chi connectivity index (χ0) is 15.2. The molecule has 7 nitrogen and oxygen atoms in total. The van der Waals surface area contributed by atoms with E-state index in [0.717, 1.165) is 0 Å². The number of nitrogens with two attached hydrogens (primary N) is 1. The van der Waals surface area contributed by atoms with Crippen LogP contribution in [0.4, 0.5) is 0 Å². The topological polar surface area (TPSA) is 100 Å². The summed E-state index contributed by atoms with van der Waals surface area (Å²) >= 11 is 0. The molecule has 0 bridgehead atoms. The fourth-order valence-corrected chi connectivity index (χ4v) is 1.75. The Morgan fingerprint density at radius 3 is 2.90 bits per heavy atom. The first-order valence-electron chi connectivity index (χ1n) is 6.57. The van der Waals surface area contributed by atoms with E-state index in [9.17, 15) is 4.79 Å². The van der Waals surface area contributed by atoms with E-state index in [1.165, 1.54) is 0 Å². The van der Waals surface area contributed by atoms with Gasteiger partial charge in [0.15, 0.2) is 12.4 Å². The van der Waals surface area contributed by atoms with Crippen molar-refractivity contribution in [3.05, 3.63) is 41.5 Å². The molecule has 1 aromatic heterocycles. The zero-order valence-corrected chi connectivity index (χ0v) is 11.9. The molecule has 1 unspecified atom stereocenters. The second kappa shape index (κ2) is 6.85. The van der Waals surface area contributed by atoms with Crippen LogP contribution < -0.4 is 10.5 Å². The summed E-state index contributed by atoms with van der Waals surface area (Å²) in [5, 5.41) is 3.82. The number of hydrogen-bond donors (Lipinski definition) is 1. The Bertz CT molecular complexity index is 612. The van der Waals surface area contributed by atoms with E-state index in [-0.39, 0.29) is 12.7 Å². The largest absolute Gasteiger partial charge is 0.483 e. The first-order chi connectivity index (χ1) is 10.1. The van der Waals surface area contributed by atoms with Crippen molar-refractivity contribution in [2.45, 2.75) is 26.6 Å². The molecule has 112 valence electrons. The SMILES string of the molecule is CCOC(C)c1noc(COc2ccccc2C(N)=O)n1. The summed E-state index contributed by atoms with van der Waals surface area (Å²) < 4.78 is 15.9. The van der Waals surface area contributed by atoms with Crippen LogP contribution in [-0.2, 0) is 11.3 Å². The van der Waals surface area contributed by atoms with Crippen LogP contribution in [-0.4, -0.2) is 22.7 Å². The zero-order valence-electron chi connectivity index (χ0n) is 11.9. The van der Waals surface area contributed by atoms with Gasteiger partial charge in [-0.15, -0.1) is 0 Å². The normalized spacial score (nSPS) is 12.1. The van der Waals surface area contributed by atoms with Crippen molar-refractivity contribution in [1.82, 2.24) is 10.1 Å². The van der Waals surface area contributed by atoms with Gasteiger partial charge in [0.25, 0.3) is 11.8 Å². The predicted octanol–water partition coefficient (Wildman–Crippen LogP) is 1.84. The highest BCUT2D eigenvalue weighted by Gasteiger charge is 2.15. The molecule has 0 saturated carbocycles. The van der Waals surface area contributed by atoms with Crippen LogP contribution in [0.2, 0.25) is 0 Å². The summed E-state index contributed by atoms with van der Waals surface area (Å²) in [6, 6.07) is 6.70. The molecule has 0 spiro atoms. The fourth-order valence-electron chi connectivity index (χ4n) is 1.75. The number of rotatable bonds is 7. The summed E-state index contributed by atoms with van der Waals surface area (Å²) in [6.45, 7) is 4.34. The molecule has 0 aliphatic heterocycles. The van der Waals surface area contributed by atoms with Gasteiger partial charge in [-0.1, -0.05) is 17.3 Å². The number of aromatic nitrogens is 2. The number of nitrogens with zero attached hydrogens (tertiary/aromatic N) is 2. The number of ether oxygens (including phenoxy) is 2. The van der Waals surface area contributed by atoms with Gasteiger partial charge in [0.2, 0.25) is 0 Å². The lowest BCUT2D eigenvalue weighted by molar-refractivity contribution is 0.0683. The van der Waals surface area contributed by atoms with Crippen molar-refractivity contribution in [3.63, 3.8) is 0 Å². The van der Waals surface area contributed by atoms with E-state index in [1.807, 2.05) is 13.8 Å². The molecule has 0 aliphatic rings. The van der Waals surface area contributed by atoms with Gasteiger partial charge in [-0.2, -0.15) is 4.98 Å². The molecule has 0 radical (unpaired) electrons. The third-order valence-electron chi connectivity index (χ3n) is 2.77. The number of carbonyl (C=O) groups is 1. The van der Waals surface area contributed by atoms with Crippen LogP contribution >= 0.6 is 0 Å². The average molecular weight is 291 g/mol. The first kappa shape index (κ1) is 15.0. The number of hydrogen-bond acceptors (Lipinski definition) is 6. The highest BCUT2D eigenvalue weighted by Crippen LogP contribution is 2.19. The van der Waals surface area contributed by atoms with Gasteiger partial charge < -0.3 is 19.7 Å². The molecular weight excluding hydrogens is 274 g/mol. The van der Waals surface area contributed by atoms with Crippen LogP contribution in [0.15, 0.2) is 28.8 Å². The van der Waals surface area contributed by atoms with Crippen LogP contribution in [0.25, 0.3) is 0 Å². The van der Waals surface area contributed by atoms with Gasteiger partial charge in [-0.3, -0.25) is 4.79 Å². The van der Waals surface area contributed by atoms with Crippen LogP contribution in [0, 0.1) is 0 Å². The fraction of sp³-hybridized carbons (Fsp3) is 0.357. The molecule has 0 saturated heterocycles. The van der Waals surface area contributed by atoms with Gasteiger partial charge in [-0.05, 0) is 26.0 Å². The number of primary amides is 1. The Hall–Kier alpha value is -2.41. The summed E-state index contributed by atoms with van der Waals surface area (Å²) in [7, 11) is 0. The lowest BCUT2D eigenvalue weighted by Crippen LogP contribution is -2.13. The quantitative estimate of drug-likeness (QED) is 0.835. The number of amides is 1. The van der Waals surface area contributed by atoms with Crippen molar-refractivity contribution >= 4 is 5.91 Å². The van der Waals surface area contributed by atoms with Crippen molar-refractivity contribution < 1.29 is 18.8 Å². The molecule has 1 amide bonds. The maximum Gasteiger partial charge on any atom is 0.264 e. The Morgan fingerprint density at radius 2 is 2.19 bits per heavy atom. The van der Waals surface area contributed by atoms with Gasteiger partial charge in [0.05, 0.1) is 5.56 Å². The van der Waals surface area contributed by atoms with Crippen LogP contribution in [0.1, 0.15) is 42.0 Å².